The molecule has 0 aromatic carbocycles. The topological polar surface area (TPSA) is 56.1 Å². The van der Waals surface area contributed by atoms with E-state index in [1.54, 1.807) is 10.9 Å². The van der Waals surface area contributed by atoms with Gasteiger partial charge in [0.25, 0.3) is 0 Å². The lowest BCUT2D eigenvalue weighted by molar-refractivity contribution is 0.0599. The fraction of sp³-hybridized carbons (Fsp3) is 0.600. The molecule has 0 aliphatic carbocycles. The number of carbonyl (C=O) groups is 1. The summed E-state index contributed by atoms with van der Waals surface area (Å²) < 4.78 is 6.47. The molecule has 15 heavy (non-hydrogen) atoms. The first-order valence-corrected chi connectivity index (χ1v) is 5.02. The van der Waals surface area contributed by atoms with Crippen LogP contribution in [0.25, 0.3) is 0 Å². The Bertz CT molecular complexity index is 369. The number of carbonyl (C=O) groups excluding carboxylic acids is 1. The minimum absolute atomic E-state index is 0.301. The molecule has 1 N–H and O–H groups in total. The fourth-order valence-corrected chi connectivity index (χ4v) is 1.75. The molecule has 1 aromatic heterocycles. The number of aromatic nitrogens is 2. The van der Waals surface area contributed by atoms with Gasteiger partial charge in [-0.3, -0.25) is 4.68 Å². The Labute approximate surface area is 88.4 Å². The zero-order chi connectivity index (χ0) is 10.8. The molecule has 5 heteroatoms. The molecule has 0 atom stereocenters. The molecule has 0 bridgehead atoms. The molecular weight excluding hydrogens is 194 g/mol. The van der Waals surface area contributed by atoms with Crippen molar-refractivity contribution in [1.82, 2.24) is 15.1 Å². The first-order valence-electron chi connectivity index (χ1n) is 5.02. The van der Waals surface area contributed by atoms with Gasteiger partial charge in [-0.15, -0.1) is 0 Å². The van der Waals surface area contributed by atoms with E-state index in [0.717, 1.165) is 25.2 Å². The van der Waals surface area contributed by atoms with Crippen molar-refractivity contribution in [2.75, 3.05) is 20.2 Å². The van der Waals surface area contributed by atoms with Crippen molar-refractivity contribution in [2.24, 2.45) is 13.0 Å². The van der Waals surface area contributed by atoms with Crippen LogP contribution in [0, 0.1) is 5.92 Å². The third kappa shape index (κ3) is 1.87. The van der Waals surface area contributed by atoms with Gasteiger partial charge in [0.2, 0.25) is 0 Å². The van der Waals surface area contributed by atoms with Crippen LogP contribution in [0.5, 0.6) is 0 Å². The van der Waals surface area contributed by atoms with Gasteiger partial charge in [0, 0.05) is 7.05 Å². The second-order valence-electron chi connectivity index (χ2n) is 3.85. The molecule has 1 fully saturated rings. The van der Waals surface area contributed by atoms with E-state index < -0.39 is 0 Å². The highest BCUT2D eigenvalue weighted by molar-refractivity contribution is 5.90. The minimum Gasteiger partial charge on any atom is -0.465 e. The largest absolute Gasteiger partial charge is 0.465 e. The Morgan fingerprint density at radius 1 is 1.73 bits per heavy atom. The predicted molar refractivity (Wildman–Crippen MR) is 54.6 cm³/mol. The van der Waals surface area contributed by atoms with Crippen molar-refractivity contribution >= 4 is 5.97 Å². The Hall–Kier alpha value is -1.36. The van der Waals surface area contributed by atoms with Crippen molar-refractivity contribution in [3.63, 3.8) is 0 Å². The summed E-state index contributed by atoms with van der Waals surface area (Å²) in [7, 11) is 3.25. The average Bonchev–Trinajstić information content (AvgIpc) is 2.52. The molecular formula is C10H15N3O2. The summed E-state index contributed by atoms with van der Waals surface area (Å²) in [6, 6.07) is 0. The number of aryl methyl sites for hydroxylation is 1. The standard InChI is InChI=1S/C10H15N3O2/c1-13-9(3-7-4-11-5-7)8(6-12-13)10(14)15-2/h6-7,11H,3-5H2,1-2H3. The lowest BCUT2D eigenvalue weighted by Crippen LogP contribution is -2.43. The normalized spacial score (nSPS) is 16.1. The van der Waals surface area contributed by atoms with Crippen molar-refractivity contribution in [1.29, 1.82) is 0 Å². The van der Waals surface area contributed by atoms with E-state index in [1.807, 2.05) is 7.05 Å². The van der Waals surface area contributed by atoms with Gasteiger partial charge < -0.3 is 10.1 Å². The van der Waals surface area contributed by atoms with Crippen LogP contribution < -0.4 is 5.32 Å². The molecule has 1 aromatic rings. The van der Waals surface area contributed by atoms with Crippen molar-refractivity contribution in [3.05, 3.63) is 17.5 Å². The molecule has 1 aliphatic rings. The first-order chi connectivity index (χ1) is 7.22. The van der Waals surface area contributed by atoms with E-state index in [0.29, 0.717) is 11.5 Å². The second-order valence-corrected chi connectivity index (χ2v) is 3.85. The maximum Gasteiger partial charge on any atom is 0.341 e. The van der Waals surface area contributed by atoms with Gasteiger partial charge >= 0.3 is 5.97 Å². The number of hydrogen-bond acceptors (Lipinski definition) is 4. The molecule has 0 spiro atoms. The van der Waals surface area contributed by atoms with E-state index in [1.165, 1.54) is 7.11 Å². The Morgan fingerprint density at radius 3 is 3.00 bits per heavy atom. The number of esters is 1. The van der Waals surface area contributed by atoms with Crippen LogP contribution >= 0.6 is 0 Å². The van der Waals surface area contributed by atoms with Gasteiger partial charge in [0.1, 0.15) is 5.56 Å². The molecule has 1 aliphatic heterocycles. The zero-order valence-corrected chi connectivity index (χ0v) is 8.99. The Balaban J connectivity index is 2.19. The number of nitrogens with one attached hydrogen (secondary N) is 1. The summed E-state index contributed by atoms with van der Waals surface area (Å²) in [6.45, 7) is 2.04. The predicted octanol–water partition coefficient (Wildman–Crippen LogP) is -0.0314. The van der Waals surface area contributed by atoms with Crippen LogP contribution in [-0.4, -0.2) is 35.9 Å². The molecule has 2 rings (SSSR count). The van der Waals surface area contributed by atoms with E-state index in [2.05, 4.69) is 10.4 Å². The lowest BCUT2D eigenvalue weighted by atomic mass is 9.96. The third-order valence-corrected chi connectivity index (χ3v) is 2.81. The summed E-state index contributed by atoms with van der Waals surface area (Å²) in [5.41, 5.74) is 1.56. The Morgan fingerprint density at radius 2 is 2.47 bits per heavy atom. The third-order valence-electron chi connectivity index (χ3n) is 2.81. The number of hydrogen-bond donors (Lipinski definition) is 1. The van der Waals surface area contributed by atoms with Crippen LogP contribution in [0.4, 0.5) is 0 Å². The molecule has 0 unspecified atom stereocenters. The van der Waals surface area contributed by atoms with Crippen molar-refractivity contribution in [3.8, 4) is 0 Å². The van der Waals surface area contributed by atoms with E-state index in [9.17, 15) is 4.79 Å². The highest BCUT2D eigenvalue weighted by Gasteiger charge is 2.23. The SMILES string of the molecule is COC(=O)c1cnn(C)c1CC1CNC1. The van der Waals surface area contributed by atoms with Crippen LogP contribution in [0.1, 0.15) is 16.1 Å². The molecule has 0 amide bonds. The zero-order valence-electron chi connectivity index (χ0n) is 8.99. The smallest absolute Gasteiger partial charge is 0.341 e. The number of methoxy groups -OCH3 is 1. The van der Waals surface area contributed by atoms with Crippen molar-refractivity contribution in [2.45, 2.75) is 6.42 Å². The Kier molecular flexibility index (Phi) is 2.73. The second kappa shape index (κ2) is 4.02. The van der Waals surface area contributed by atoms with Gasteiger partial charge in [-0.25, -0.2) is 4.79 Å². The maximum atomic E-state index is 11.4. The average molecular weight is 209 g/mol. The molecule has 2 heterocycles. The molecule has 1 saturated heterocycles. The summed E-state index contributed by atoms with van der Waals surface area (Å²) in [6.07, 6.45) is 2.46. The van der Waals surface area contributed by atoms with E-state index in [4.69, 9.17) is 4.74 Å². The number of rotatable bonds is 3. The highest BCUT2D eigenvalue weighted by Crippen LogP contribution is 2.16. The highest BCUT2D eigenvalue weighted by atomic mass is 16.5. The summed E-state index contributed by atoms with van der Waals surface area (Å²) in [4.78, 5) is 11.4. The maximum absolute atomic E-state index is 11.4. The lowest BCUT2D eigenvalue weighted by Gasteiger charge is -2.27. The van der Waals surface area contributed by atoms with E-state index >= 15 is 0 Å². The number of nitrogens with zero attached hydrogens (tertiary/aromatic N) is 2. The molecule has 82 valence electrons. The number of ether oxygens (including phenoxy) is 1. The van der Waals surface area contributed by atoms with Gasteiger partial charge in [-0.2, -0.15) is 5.10 Å². The minimum atomic E-state index is -0.301. The van der Waals surface area contributed by atoms with E-state index in [-0.39, 0.29) is 5.97 Å². The summed E-state index contributed by atoms with van der Waals surface area (Å²) in [5, 5.41) is 7.30. The quantitative estimate of drug-likeness (QED) is 0.710. The van der Waals surface area contributed by atoms with Crippen LogP contribution in [0.3, 0.4) is 0 Å². The van der Waals surface area contributed by atoms with Crippen LogP contribution in [-0.2, 0) is 18.2 Å². The van der Waals surface area contributed by atoms with Gasteiger partial charge in [-0.05, 0) is 25.4 Å². The van der Waals surface area contributed by atoms with Gasteiger partial charge in [-0.1, -0.05) is 0 Å². The summed E-state index contributed by atoms with van der Waals surface area (Å²) >= 11 is 0. The van der Waals surface area contributed by atoms with Gasteiger partial charge in [0.15, 0.2) is 0 Å². The van der Waals surface area contributed by atoms with Crippen LogP contribution in [0.2, 0.25) is 0 Å². The summed E-state index contributed by atoms with van der Waals surface area (Å²) in [5.74, 6) is 0.314. The molecule has 0 radical (unpaired) electrons. The van der Waals surface area contributed by atoms with Crippen LogP contribution in [0.15, 0.2) is 6.20 Å². The van der Waals surface area contributed by atoms with Gasteiger partial charge in [0.05, 0.1) is 19.0 Å². The first kappa shape index (κ1) is 10.2. The van der Waals surface area contributed by atoms with Crippen molar-refractivity contribution < 1.29 is 9.53 Å². The molecule has 5 nitrogen and oxygen atoms in total. The molecule has 0 saturated carbocycles. The monoisotopic (exact) mass is 209 g/mol. The fourth-order valence-electron chi connectivity index (χ4n) is 1.75.